The number of hydrogen-bond acceptors (Lipinski definition) is 22. The SMILES string of the molecule is NCCSc1cc2c(cc1SCCN)-c1nc-2nc2[nH]c(nc3nc(nc4[nH]c(n1)c1cc(SCCN)c(SCCN)cc41)-c1cc(SCCN)c(SCCN)cc1-3)c1cc(SCCN)c(SCCN)cc21. The maximum atomic E-state index is 6.09. The Balaban J connectivity index is 1.44. The van der Waals surface area contributed by atoms with Crippen molar-refractivity contribution in [3.63, 3.8) is 0 Å². The summed E-state index contributed by atoms with van der Waals surface area (Å²) in [6, 6.07) is 17.4. The van der Waals surface area contributed by atoms with E-state index in [9.17, 15) is 0 Å². The molecular formula is C48H58N16S8. The van der Waals surface area contributed by atoms with Crippen molar-refractivity contribution in [2.75, 3.05) is 98.4 Å². The van der Waals surface area contributed by atoms with Crippen LogP contribution in [0.1, 0.15) is 0 Å². The summed E-state index contributed by atoms with van der Waals surface area (Å²) in [6.07, 6.45) is 0. The molecule has 7 aromatic rings. The molecule has 3 aromatic heterocycles. The number of nitrogens with one attached hydrogen (secondary N) is 2. The fourth-order valence-electron chi connectivity index (χ4n) is 8.07. The lowest BCUT2D eigenvalue weighted by Crippen LogP contribution is -2.03. The van der Waals surface area contributed by atoms with E-state index in [0.717, 1.165) is 129 Å². The molecule has 0 amide bonds. The average Bonchev–Trinajstić information content (AvgIpc) is 4.11. The molecule has 16 nitrogen and oxygen atoms in total. The van der Waals surface area contributed by atoms with Crippen molar-refractivity contribution in [2.24, 2.45) is 45.9 Å². The lowest BCUT2D eigenvalue weighted by atomic mass is 10.1. The third-order valence-corrected chi connectivity index (χ3v) is 20.3. The quantitative estimate of drug-likeness (QED) is 0.0266. The maximum absolute atomic E-state index is 6.09. The number of thioether (sulfide) groups is 8. The summed E-state index contributed by atoms with van der Waals surface area (Å²) >= 11 is 13.7. The lowest BCUT2D eigenvalue weighted by molar-refractivity contribution is 1.13. The molecule has 0 atom stereocenters. The first kappa shape index (κ1) is 53.5. The van der Waals surface area contributed by atoms with Crippen LogP contribution >= 0.6 is 94.1 Å². The van der Waals surface area contributed by atoms with Crippen LogP contribution in [0.4, 0.5) is 0 Å². The molecular weight excluding hydrogens is 1060 g/mol. The Kier molecular flexibility index (Phi) is 19.0. The lowest BCUT2D eigenvalue weighted by Gasteiger charge is -2.11. The van der Waals surface area contributed by atoms with Crippen molar-refractivity contribution in [2.45, 2.75) is 39.2 Å². The van der Waals surface area contributed by atoms with Gasteiger partial charge in [-0.2, -0.15) is 0 Å². The van der Waals surface area contributed by atoms with Crippen LogP contribution in [-0.2, 0) is 0 Å². The Morgan fingerprint density at radius 1 is 0.264 bits per heavy atom. The van der Waals surface area contributed by atoms with Gasteiger partial charge in [-0.15, -0.1) is 94.1 Å². The zero-order valence-electron chi connectivity index (χ0n) is 39.5. The second-order valence-electron chi connectivity index (χ2n) is 16.1. The molecule has 378 valence electrons. The molecule has 0 saturated carbocycles. The molecule has 0 fully saturated rings. The summed E-state index contributed by atoms with van der Waals surface area (Å²) in [4.78, 5) is 48.4. The molecule has 2 aliphatic heterocycles. The van der Waals surface area contributed by atoms with Crippen LogP contribution in [0.15, 0.2) is 87.7 Å². The van der Waals surface area contributed by atoms with Crippen molar-refractivity contribution in [1.82, 2.24) is 39.9 Å². The molecule has 8 bridgehead atoms. The smallest absolute Gasteiger partial charge is 0.164 e. The number of fused-ring (bicyclic) bond motifs is 20. The topological polar surface area (TPSA) is 317 Å². The largest absolute Gasteiger partial charge is 0.330 e. The van der Waals surface area contributed by atoms with Gasteiger partial charge in [0.15, 0.2) is 23.3 Å². The van der Waals surface area contributed by atoms with Gasteiger partial charge in [-0.3, -0.25) is 0 Å². The Hall–Kier alpha value is -3.28. The predicted octanol–water partition coefficient (Wildman–Crippen LogP) is 7.28. The minimum atomic E-state index is 0.511. The third-order valence-electron chi connectivity index (χ3n) is 11.1. The van der Waals surface area contributed by atoms with Gasteiger partial charge < -0.3 is 55.8 Å². The third kappa shape index (κ3) is 11.7. The van der Waals surface area contributed by atoms with Gasteiger partial charge in [-0.1, -0.05) is 0 Å². The first-order valence-electron chi connectivity index (χ1n) is 23.5. The summed E-state index contributed by atoms with van der Waals surface area (Å²) in [6.45, 7) is 4.23. The highest BCUT2D eigenvalue weighted by Crippen LogP contribution is 2.46. The number of rotatable bonds is 24. The van der Waals surface area contributed by atoms with Gasteiger partial charge in [0.05, 0.1) is 0 Å². The minimum absolute atomic E-state index is 0.511. The van der Waals surface area contributed by atoms with E-state index < -0.39 is 0 Å². The summed E-state index contributed by atoms with van der Waals surface area (Å²) in [7, 11) is 0. The van der Waals surface area contributed by atoms with Crippen LogP contribution in [0.3, 0.4) is 0 Å². The number of H-pyrrole nitrogens is 2. The molecule has 0 radical (unpaired) electrons. The van der Waals surface area contributed by atoms with Crippen LogP contribution in [0.2, 0.25) is 0 Å². The van der Waals surface area contributed by atoms with Gasteiger partial charge in [0.1, 0.15) is 22.6 Å². The molecule has 0 unspecified atom stereocenters. The fraction of sp³-hybridized carbons (Fsp3) is 0.333. The zero-order chi connectivity index (χ0) is 50.1. The molecule has 9 rings (SSSR count). The Morgan fingerprint density at radius 2 is 0.444 bits per heavy atom. The van der Waals surface area contributed by atoms with E-state index in [1.54, 1.807) is 94.1 Å². The van der Waals surface area contributed by atoms with Gasteiger partial charge in [-0.05, 0) is 48.5 Å². The van der Waals surface area contributed by atoms with E-state index in [0.29, 0.717) is 98.2 Å². The van der Waals surface area contributed by atoms with Gasteiger partial charge in [-0.25, -0.2) is 29.9 Å². The van der Waals surface area contributed by atoms with Crippen molar-refractivity contribution < 1.29 is 0 Å². The van der Waals surface area contributed by atoms with Gasteiger partial charge in [0.25, 0.3) is 0 Å². The summed E-state index contributed by atoms with van der Waals surface area (Å²) in [5.41, 5.74) is 54.5. The van der Waals surface area contributed by atoms with E-state index in [1.165, 1.54) is 0 Å². The van der Waals surface area contributed by atoms with Crippen molar-refractivity contribution in [3.8, 4) is 45.6 Å². The van der Waals surface area contributed by atoms with E-state index in [4.69, 9.17) is 75.8 Å². The molecule has 24 heteroatoms. The second-order valence-corrected chi connectivity index (χ2v) is 25.2. The molecule has 72 heavy (non-hydrogen) atoms. The molecule has 5 heterocycles. The normalized spacial score (nSPS) is 12.1. The number of aromatic nitrogens is 8. The average molecular weight is 1120 g/mol. The van der Waals surface area contributed by atoms with Gasteiger partial charge >= 0.3 is 0 Å². The molecule has 18 N–H and O–H groups in total. The minimum Gasteiger partial charge on any atom is -0.330 e. The van der Waals surface area contributed by atoms with Crippen LogP contribution < -0.4 is 45.9 Å². The number of benzene rings is 4. The number of nitrogens with zero attached hydrogens (tertiary/aromatic N) is 6. The number of hydrogen-bond donors (Lipinski definition) is 10. The molecule has 0 aliphatic carbocycles. The monoisotopic (exact) mass is 1110 g/mol. The second kappa shape index (κ2) is 25.5. The van der Waals surface area contributed by atoms with Gasteiger partial charge in [0, 0.05) is 181 Å². The zero-order valence-corrected chi connectivity index (χ0v) is 46.0. The van der Waals surface area contributed by atoms with E-state index in [1.807, 2.05) is 0 Å². The maximum Gasteiger partial charge on any atom is 0.164 e. The van der Waals surface area contributed by atoms with Crippen LogP contribution in [-0.4, -0.2) is 138 Å². The van der Waals surface area contributed by atoms with Crippen molar-refractivity contribution in [3.05, 3.63) is 48.5 Å². The van der Waals surface area contributed by atoms with E-state index in [2.05, 4.69) is 58.5 Å². The molecule has 0 spiro atoms. The van der Waals surface area contributed by atoms with Crippen LogP contribution in [0, 0.1) is 0 Å². The fourth-order valence-corrected chi connectivity index (χ4v) is 15.4. The van der Waals surface area contributed by atoms with Crippen molar-refractivity contribution >= 4 is 138 Å². The Labute approximate surface area is 452 Å². The van der Waals surface area contributed by atoms with Crippen molar-refractivity contribution in [1.29, 1.82) is 0 Å². The highest BCUT2D eigenvalue weighted by atomic mass is 32.2. The highest BCUT2D eigenvalue weighted by Gasteiger charge is 2.27. The standard InChI is InChI=1S/C48H58N16S8/c49-1-9-65-33-17-25-26(18-34(33)66-10-2-50)42-57-41(25)61-43-27-19-35(67-11-3-51)36(68-12-4-52)20-28(27)45(58-43)63-47-31-23-39(71-15-7-55)40(72-16-8-56)24-32(31)48(60-47)64-46-30-22-38(70-14-6-54)37(69-13-5-53)21-29(30)44(59-46)62-42/h17-24H,1-16,49-56H2,(H2,57,58,59,60,61,62,63,64). The Bertz CT molecular complexity index is 2840. The number of nitrogens with two attached hydrogens (primary N) is 8. The van der Waals surface area contributed by atoms with Crippen LogP contribution in [0.5, 0.6) is 0 Å². The first-order valence-corrected chi connectivity index (χ1v) is 31.4. The van der Waals surface area contributed by atoms with E-state index in [-0.39, 0.29) is 0 Å². The van der Waals surface area contributed by atoms with Gasteiger partial charge in [0.2, 0.25) is 0 Å². The Morgan fingerprint density at radius 3 is 0.625 bits per heavy atom. The first-order chi connectivity index (χ1) is 35.3. The number of aromatic amines is 2. The molecule has 4 aromatic carbocycles. The van der Waals surface area contributed by atoms with E-state index >= 15 is 0 Å². The summed E-state index contributed by atoms with van der Waals surface area (Å²) in [5.74, 6) is 7.97. The van der Waals surface area contributed by atoms with Crippen LogP contribution in [0.25, 0.3) is 89.7 Å². The molecule has 2 aliphatic rings. The summed E-state index contributed by atoms with van der Waals surface area (Å²) < 4.78 is 0. The highest BCUT2D eigenvalue weighted by molar-refractivity contribution is 8.03. The summed E-state index contributed by atoms with van der Waals surface area (Å²) in [5, 5.41) is 3.51. The molecule has 0 saturated heterocycles. The predicted molar refractivity (Wildman–Crippen MR) is 314 cm³/mol.